The quantitative estimate of drug-likeness (QED) is 0.770. The van der Waals surface area contributed by atoms with Crippen molar-refractivity contribution < 1.29 is 9.90 Å². The van der Waals surface area contributed by atoms with Crippen molar-refractivity contribution in [2.24, 2.45) is 0 Å². The highest BCUT2D eigenvalue weighted by atomic mass is 16.3. The molecule has 1 aromatic carbocycles. The largest absolute Gasteiger partial charge is 0.508 e. The topological polar surface area (TPSA) is 73.1 Å². The molecule has 78 valence electrons. The van der Waals surface area contributed by atoms with E-state index in [0.29, 0.717) is 5.56 Å². The molecule has 0 saturated heterocycles. The Bertz CT molecular complexity index is 396. The first-order chi connectivity index (χ1) is 7.13. The Kier molecular flexibility index (Phi) is 3.69. The molecule has 1 amide bonds. The number of hydrogen-bond donors (Lipinski definition) is 2. The van der Waals surface area contributed by atoms with Gasteiger partial charge in [0.15, 0.2) is 0 Å². The van der Waals surface area contributed by atoms with E-state index < -0.39 is 6.04 Å². The van der Waals surface area contributed by atoms with Crippen LogP contribution in [0.5, 0.6) is 5.75 Å². The highest BCUT2D eigenvalue weighted by molar-refractivity contribution is 5.79. The molecule has 4 heteroatoms. The molecule has 0 aromatic heterocycles. The van der Waals surface area contributed by atoms with Crippen molar-refractivity contribution >= 4 is 5.91 Å². The van der Waals surface area contributed by atoms with Crippen LogP contribution in [0.1, 0.15) is 12.5 Å². The number of carbonyl (C=O) groups is 1. The molecule has 0 saturated carbocycles. The molecule has 0 bridgehead atoms. The normalized spacial score (nSPS) is 11.5. The van der Waals surface area contributed by atoms with E-state index in [9.17, 15) is 9.90 Å². The summed E-state index contributed by atoms with van der Waals surface area (Å²) in [6.07, 6.45) is 0.0820. The zero-order valence-corrected chi connectivity index (χ0v) is 8.40. The molecule has 0 aliphatic rings. The van der Waals surface area contributed by atoms with Gasteiger partial charge in [-0.15, -0.1) is 0 Å². The summed E-state index contributed by atoms with van der Waals surface area (Å²) < 4.78 is 0. The molecule has 0 radical (unpaired) electrons. The second kappa shape index (κ2) is 5.01. The molecule has 0 aliphatic carbocycles. The van der Waals surface area contributed by atoms with Crippen LogP contribution >= 0.6 is 0 Å². The van der Waals surface area contributed by atoms with Gasteiger partial charge in [-0.3, -0.25) is 4.79 Å². The summed E-state index contributed by atoms with van der Waals surface area (Å²) in [7, 11) is 0. The van der Waals surface area contributed by atoms with Crippen molar-refractivity contribution in [3.8, 4) is 11.8 Å². The Hall–Kier alpha value is -2.02. The SMILES string of the molecule is CC(C#N)NC(=O)Cc1ccccc1O. The molecule has 0 aliphatic heterocycles. The highest BCUT2D eigenvalue weighted by Crippen LogP contribution is 2.15. The standard InChI is InChI=1S/C11H12N2O2/c1-8(7-12)13-11(15)6-9-4-2-3-5-10(9)14/h2-5,8,14H,6H2,1H3,(H,13,15). The van der Waals surface area contributed by atoms with E-state index in [4.69, 9.17) is 5.26 Å². The number of nitrogens with zero attached hydrogens (tertiary/aromatic N) is 1. The van der Waals surface area contributed by atoms with Gasteiger partial charge in [0.25, 0.3) is 0 Å². The fourth-order valence-electron chi connectivity index (χ4n) is 1.16. The van der Waals surface area contributed by atoms with Gasteiger partial charge in [-0.05, 0) is 13.0 Å². The molecule has 0 spiro atoms. The van der Waals surface area contributed by atoms with Gasteiger partial charge in [0.1, 0.15) is 11.8 Å². The van der Waals surface area contributed by atoms with E-state index >= 15 is 0 Å². The first-order valence-corrected chi connectivity index (χ1v) is 4.59. The summed E-state index contributed by atoms with van der Waals surface area (Å²) in [5.41, 5.74) is 0.556. The Balaban J connectivity index is 2.60. The van der Waals surface area contributed by atoms with Crippen molar-refractivity contribution in [2.45, 2.75) is 19.4 Å². The summed E-state index contributed by atoms with van der Waals surface area (Å²) in [5, 5.41) is 20.4. The Morgan fingerprint density at radius 2 is 2.27 bits per heavy atom. The Morgan fingerprint density at radius 3 is 2.87 bits per heavy atom. The van der Waals surface area contributed by atoms with Crippen LogP contribution in [0.3, 0.4) is 0 Å². The van der Waals surface area contributed by atoms with Crippen LogP contribution in [0, 0.1) is 11.3 Å². The molecule has 15 heavy (non-hydrogen) atoms. The summed E-state index contributed by atoms with van der Waals surface area (Å²) in [4.78, 5) is 11.4. The molecular weight excluding hydrogens is 192 g/mol. The molecule has 1 atom stereocenters. The number of para-hydroxylation sites is 1. The Morgan fingerprint density at radius 1 is 1.60 bits per heavy atom. The number of aromatic hydroxyl groups is 1. The van der Waals surface area contributed by atoms with E-state index in [1.165, 1.54) is 6.07 Å². The van der Waals surface area contributed by atoms with Crippen LogP contribution in [0.25, 0.3) is 0 Å². The molecule has 0 heterocycles. The zero-order valence-electron chi connectivity index (χ0n) is 8.40. The lowest BCUT2D eigenvalue weighted by Gasteiger charge is -2.07. The van der Waals surface area contributed by atoms with E-state index in [1.54, 1.807) is 25.1 Å². The van der Waals surface area contributed by atoms with Crippen LogP contribution in [0.15, 0.2) is 24.3 Å². The van der Waals surface area contributed by atoms with Gasteiger partial charge in [0, 0.05) is 5.56 Å². The van der Waals surface area contributed by atoms with Crippen molar-refractivity contribution in [1.82, 2.24) is 5.32 Å². The van der Waals surface area contributed by atoms with Gasteiger partial charge in [-0.25, -0.2) is 0 Å². The number of nitriles is 1. The van der Waals surface area contributed by atoms with Crippen LogP contribution < -0.4 is 5.32 Å². The first-order valence-electron chi connectivity index (χ1n) is 4.59. The van der Waals surface area contributed by atoms with Gasteiger partial charge >= 0.3 is 0 Å². The molecule has 1 rings (SSSR count). The van der Waals surface area contributed by atoms with E-state index in [0.717, 1.165) is 0 Å². The number of amides is 1. The van der Waals surface area contributed by atoms with Crippen LogP contribution in [-0.4, -0.2) is 17.1 Å². The lowest BCUT2D eigenvalue weighted by Crippen LogP contribution is -2.32. The maximum Gasteiger partial charge on any atom is 0.225 e. The number of rotatable bonds is 3. The zero-order chi connectivity index (χ0) is 11.3. The second-order valence-corrected chi connectivity index (χ2v) is 3.22. The summed E-state index contributed by atoms with van der Waals surface area (Å²) in [6.45, 7) is 1.60. The fourth-order valence-corrected chi connectivity index (χ4v) is 1.16. The summed E-state index contributed by atoms with van der Waals surface area (Å²) in [6, 6.07) is 8.02. The third-order valence-electron chi connectivity index (χ3n) is 1.91. The fraction of sp³-hybridized carbons (Fsp3) is 0.273. The summed E-state index contributed by atoms with van der Waals surface area (Å²) in [5.74, 6) is -0.178. The lowest BCUT2D eigenvalue weighted by atomic mass is 10.1. The van der Waals surface area contributed by atoms with Gasteiger partial charge in [-0.1, -0.05) is 18.2 Å². The van der Waals surface area contributed by atoms with Crippen molar-refractivity contribution in [3.63, 3.8) is 0 Å². The highest BCUT2D eigenvalue weighted by Gasteiger charge is 2.09. The van der Waals surface area contributed by atoms with Gasteiger partial charge < -0.3 is 10.4 Å². The lowest BCUT2D eigenvalue weighted by molar-refractivity contribution is -0.120. The minimum absolute atomic E-state index is 0.0820. The maximum atomic E-state index is 11.4. The molecule has 4 nitrogen and oxygen atoms in total. The first kappa shape index (κ1) is 11.1. The average Bonchev–Trinajstić information content (AvgIpc) is 2.21. The van der Waals surface area contributed by atoms with Crippen molar-refractivity contribution in [2.75, 3.05) is 0 Å². The molecular formula is C11H12N2O2. The summed E-state index contributed by atoms with van der Waals surface area (Å²) >= 11 is 0. The van der Waals surface area contributed by atoms with Crippen molar-refractivity contribution in [1.29, 1.82) is 5.26 Å². The minimum Gasteiger partial charge on any atom is -0.508 e. The number of carbonyl (C=O) groups excluding carboxylic acids is 1. The second-order valence-electron chi connectivity index (χ2n) is 3.22. The third kappa shape index (κ3) is 3.31. The van der Waals surface area contributed by atoms with Crippen LogP contribution in [0.2, 0.25) is 0 Å². The van der Waals surface area contributed by atoms with Crippen LogP contribution in [-0.2, 0) is 11.2 Å². The number of phenolic OH excluding ortho intramolecular Hbond substituents is 1. The van der Waals surface area contributed by atoms with Gasteiger partial charge in [-0.2, -0.15) is 5.26 Å². The number of benzene rings is 1. The smallest absolute Gasteiger partial charge is 0.225 e. The van der Waals surface area contributed by atoms with E-state index in [-0.39, 0.29) is 18.1 Å². The minimum atomic E-state index is -0.511. The predicted octanol–water partition coefficient (Wildman–Crippen LogP) is 0.963. The Labute approximate surface area is 88.2 Å². The predicted molar refractivity (Wildman–Crippen MR) is 55.0 cm³/mol. The van der Waals surface area contributed by atoms with Crippen LogP contribution in [0.4, 0.5) is 0 Å². The maximum absolute atomic E-state index is 11.4. The van der Waals surface area contributed by atoms with E-state index in [2.05, 4.69) is 5.32 Å². The average molecular weight is 204 g/mol. The van der Waals surface area contributed by atoms with Crippen molar-refractivity contribution in [3.05, 3.63) is 29.8 Å². The molecule has 2 N–H and O–H groups in total. The molecule has 1 aromatic rings. The number of hydrogen-bond acceptors (Lipinski definition) is 3. The van der Waals surface area contributed by atoms with E-state index in [1.807, 2.05) is 6.07 Å². The number of phenols is 1. The van der Waals surface area contributed by atoms with Gasteiger partial charge in [0.05, 0.1) is 12.5 Å². The number of nitrogens with one attached hydrogen (secondary N) is 1. The van der Waals surface area contributed by atoms with Gasteiger partial charge in [0.2, 0.25) is 5.91 Å². The third-order valence-corrected chi connectivity index (χ3v) is 1.91. The molecule has 0 fully saturated rings. The monoisotopic (exact) mass is 204 g/mol. The molecule has 1 unspecified atom stereocenters.